The molecule has 0 radical (unpaired) electrons. The molecule has 7 rings (SSSR count). The molecule has 0 amide bonds. The van der Waals surface area contributed by atoms with Crippen LogP contribution in [0.25, 0.3) is 56.2 Å². The first-order valence-electron chi connectivity index (χ1n) is 11.6. The lowest BCUT2D eigenvalue weighted by Crippen LogP contribution is -2.34. The Hall–Kier alpha value is -4.18. The number of nitrogens with zero attached hydrogens (tertiary/aromatic N) is 2. The fraction of sp³-hybridized carbons (Fsp3) is 0.133. The molecule has 0 unspecified atom stereocenters. The Balaban J connectivity index is 1.25. The van der Waals surface area contributed by atoms with E-state index < -0.39 is 0 Å². The molecule has 0 N–H and O–H groups in total. The van der Waals surface area contributed by atoms with Crippen molar-refractivity contribution in [2.45, 2.75) is 26.8 Å². The smallest absolute Gasteiger partial charge is 0.382 e. The molecule has 3 heterocycles. The highest BCUT2D eigenvalue weighted by atomic mass is 16.4. The quantitative estimate of drug-likeness (QED) is 0.262. The fourth-order valence-electron chi connectivity index (χ4n) is 5.12. The van der Waals surface area contributed by atoms with E-state index in [9.17, 15) is 0 Å². The van der Waals surface area contributed by atoms with Crippen molar-refractivity contribution < 1.29 is 13.4 Å². The van der Waals surface area contributed by atoms with E-state index in [-0.39, 0.29) is 6.04 Å². The number of hydrogen-bond acceptors (Lipinski definition) is 3. The topological polar surface area (TPSA) is 43.0 Å². The molecule has 0 aliphatic carbocycles. The maximum Gasteiger partial charge on any atom is 0.382 e. The number of benzene rings is 4. The summed E-state index contributed by atoms with van der Waals surface area (Å²) < 4.78 is 14.6. The molecule has 2 aromatic heterocycles. The minimum absolute atomic E-state index is 0.219. The standard InChI is InChI=1S/C30H23N2O2/c1-17-4-12-25-27(14-17)33-29(31-25)21-8-6-20(7-9-21)22-10-11-23-24(16-22)19(3)32-26-13-5-18(2)15-28(26)34-30(23)32/h4-16,19H,1-3H3/q+1/t19-/m1/s1. The van der Waals surface area contributed by atoms with Crippen LogP contribution >= 0.6 is 0 Å². The zero-order chi connectivity index (χ0) is 23.0. The summed E-state index contributed by atoms with van der Waals surface area (Å²) in [5.41, 5.74) is 12.0. The van der Waals surface area contributed by atoms with E-state index in [2.05, 4.69) is 97.1 Å². The van der Waals surface area contributed by atoms with Crippen LogP contribution in [0.1, 0.15) is 29.7 Å². The second kappa shape index (κ2) is 6.91. The van der Waals surface area contributed by atoms with Gasteiger partial charge < -0.3 is 8.83 Å². The van der Waals surface area contributed by atoms with Gasteiger partial charge in [0.1, 0.15) is 5.52 Å². The van der Waals surface area contributed by atoms with E-state index in [0.29, 0.717) is 5.89 Å². The highest BCUT2D eigenvalue weighted by molar-refractivity contribution is 5.79. The maximum atomic E-state index is 6.28. The molecule has 0 spiro atoms. The highest BCUT2D eigenvalue weighted by Gasteiger charge is 2.39. The molecule has 0 saturated heterocycles. The van der Waals surface area contributed by atoms with E-state index in [4.69, 9.17) is 8.83 Å². The zero-order valence-electron chi connectivity index (χ0n) is 19.3. The van der Waals surface area contributed by atoms with Gasteiger partial charge in [-0.15, -0.1) is 4.57 Å². The van der Waals surface area contributed by atoms with Crippen molar-refractivity contribution in [3.63, 3.8) is 0 Å². The lowest BCUT2D eigenvalue weighted by atomic mass is 9.97. The van der Waals surface area contributed by atoms with Gasteiger partial charge in [0.15, 0.2) is 11.6 Å². The van der Waals surface area contributed by atoms with Crippen LogP contribution in [-0.2, 0) is 0 Å². The van der Waals surface area contributed by atoms with Crippen LogP contribution in [-0.4, -0.2) is 4.98 Å². The molecule has 1 atom stereocenters. The number of aromatic nitrogens is 2. The van der Waals surface area contributed by atoms with Crippen LogP contribution < -0.4 is 4.57 Å². The van der Waals surface area contributed by atoms with Gasteiger partial charge >= 0.3 is 5.89 Å². The summed E-state index contributed by atoms with van der Waals surface area (Å²) in [7, 11) is 0. The second-order valence-corrected chi connectivity index (χ2v) is 9.29. The first kappa shape index (κ1) is 19.3. The van der Waals surface area contributed by atoms with Gasteiger partial charge in [-0.25, -0.2) is 4.98 Å². The Bertz CT molecular complexity index is 1740. The lowest BCUT2D eigenvalue weighted by molar-refractivity contribution is -0.672. The van der Waals surface area contributed by atoms with Crippen molar-refractivity contribution in [3.8, 4) is 34.0 Å². The molecule has 1 aliphatic heterocycles. The number of oxazole rings is 2. The summed E-state index contributed by atoms with van der Waals surface area (Å²) in [5.74, 6) is 1.59. The average molecular weight is 444 g/mol. The predicted octanol–water partition coefficient (Wildman–Crippen LogP) is 7.40. The van der Waals surface area contributed by atoms with Gasteiger partial charge in [0.25, 0.3) is 5.52 Å². The third-order valence-electron chi connectivity index (χ3n) is 6.93. The molecule has 34 heavy (non-hydrogen) atoms. The van der Waals surface area contributed by atoms with Crippen molar-refractivity contribution in [2.75, 3.05) is 0 Å². The largest absolute Gasteiger partial charge is 0.436 e. The van der Waals surface area contributed by atoms with Gasteiger partial charge in [0.2, 0.25) is 11.5 Å². The Kier molecular flexibility index (Phi) is 3.92. The Morgan fingerprint density at radius 3 is 2.24 bits per heavy atom. The number of rotatable bonds is 2. The first-order valence-corrected chi connectivity index (χ1v) is 11.6. The summed E-state index contributed by atoms with van der Waals surface area (Å²) in [5, 5.41) is 0. The SMILES string of the molecule is Cc1ccc2nc(-c3ccc(-c4ccc5c(c4)[C@@H](C)[n+]4c-5oc5cc(C)ccc54)cc3)oc2c1. The first-order chi connectivity index (χ1) is 16.5. The Morgan fingerprint density at radius 1 is 0.706 bits per heavy atom. The molecule has 0 saturated carbocycles. The molecular weight excluding hydrogens is 420 g/mol. The van der Waals surface area contributed by atoms with E-state index in [1.54, 1.807) is 0 Å². The van der Waals surface area contributed by atoms with E-state index in [0.717, 1.165) is 33.7 Å². The van der Waals surface area contributed by atoms with Gasteiger partial charge in [-0.05, 0) is 78.6 Å². The minimum Gasteiger partial charge on any atom is -0.436 e. The summed E-state index contributed by atoms with van der Waals surface area (Å²) in [4.78, 5) is 4.65. The van der Waals surface area contributed by atoms with Gasteiger partial charge in [-0.3, -0.25) is 0 Å². The third kappa shape index (κ3) is 2.78. The average Bonchev–Trinajstić information content (AvgIpc) is 3.51. The van der Waals surface area contributed by atoms with Crippen molar-refractivity contribution in [1.29, 1.82) is 0 Å². The second-order valence-electron chi connectivity index (χ2n) is 9.29. The Morgan fingerprint density at radius 2 is 1.41 bits per heavy atom. The van der Waals surface area contributed by atoms with Crippen molar-refractivity contribution in [1.82, 2.24) is 4.98 Å². The molecule has 4 aromatic carbocycles. The number of hydrogen-bond donors (Lipinski definition) is 0. The predicted molar refractivity (Wildman–Crippen MR) is 134 cm³/mol. The van der Waals surface area contributed by atoms with Gasteiger partial charge in [-0.1, -0.05) is 30.3 Å². The van der Waals surface area contributed by atoms with Gasteiger partial charge in [0, 0.05) is 24.1 Å². The fourth-order valence-corrected chi connectivity index (χ4v) is 5.12. The van der Waals surface area contributed by atoms with Crippen LogP contribution in [0.15, 0.2) is 87.7 Å². The van der Waals surface area contributed by atoms with Crippen molar-refractivity contribution >= 4 is 22.2 Å². The lowest BCUT2D eigenvalue weighted by Gasteiger charge is -2.06. The zero-order valence-corrected chi connectivity index (χ0v) is 19.3. The molecular formula is C30H23N2O2+. The van der Waals surface area contributed by atoms with Crippen molar-refractivity contribution in [2.24, 2.45) is 0 Å². The maximum absolute atomic E-state index is 6.28. The van der Waals surface area contributed by atoms with E-state index >= 15 is 0 Å². The number of fused-ring (bicyclic) bond motifs is 6. The molecule has 6 aromatic rings. The summed E-state index contributed by atoms with van der Waals surface area (Å²) in [6, 6.07) is 27.8. The molecule has 1 aliphatic rings. The van der Waals surface area contributed by atoms with Crippen LogP contribution in [0.5, 0.6) is 0 Å². The Labute approximate surface area is 197 Å². The number of aryl methyl sites for hydroxylation is 2. The molecule has 164 valence electrons. The normalized spacial score (nSPS) is 14.6. The summed E-state index contributed by atoms with van der Waals surface area (Å²) >= 11 is 0. The molecule has 4 heteroatoms. The minimum atomic E-state index is 0.219. The summed E-state index contributed by atoms with van der Waals surface area (Å²) in [6.45, 7) is 6.40. The summed E-state index contributed by atoms with van der Waals surface area (Å²) in [6.07, 6.45) is 0. The van der Waals surface area contributed by atoms with Gasteiger partial charge in [0.05, 0.1) is 5.56 Å². The molecule has 0 fully saturated rings. The van der Waals surface area contributed by atoms with Crippen LogP contribution in [0.4, 0.5) is 0 Å². The van der Waals surface area contributed by atoms with Crippen LogP contribution in [0, 0.1) is 13.8 Å². The van der Waals surface area contributed by atoms with Gasteiger partial charge in [-0.2, -0.15) is 0 Å². The van der Waals surface area contributed by atoms with Crippen LogP contribution in [0.2, 0.25) is 0 Å². The molecule has 4 nitrogen and oxygen atoms in total. The van der Waals surface area contributed by atoms with Crippen LogP contribution in [0.3, 0.4) is 0 Å². The van der Waals surface area contributed by atoms with E-state index in [1.165, 1.54) is 33.4 Å². The van der Waals surface area contributed by atoms with E-state index in [1.807, 2.05) is 12.1 Å². The third-order valence-corrected chi connectivity index (χ3v) is 6.93. The highest BCUT2D eigenvalue weighted by Crippen LogP contribution is 2.39. The van der Waals surface area contributed by atoms with Crippen molar-refractivity contribution in [3.05, 3.63) is 95.6 Å². The monoisotopic (exact) mass is 443 g/mol. The molecule has 0 bridgehead atoms.